The molecule has 0 bridgehead atoms. The van der Waals surface area contributed by atoms with Crippen molar-refractivity contribution in [3.63, 3.8) is 0 Å². The molecule has 4 rings (SSSR count). The third-order valence-electron chi connectivity index (χ3n) is 3.79. The van der Waals surface area contributed by atoms with Gasteiger partial charge in [0.05, 0.1) is 28.5 Å². The SMILES string of the molecule is O=C(Nc1ccc2[nH]c(=O)[nH]c2c1)c1cn[nH]c1-c1ccc(F)cc1. The molecule has 0 aliphatic heterocycles. The van der Waals surface area contributed by atoms with Gasteiger partial charge in [0.1, 0.15) is 5.82 Å². The van der Waals surface area contributed by atoms with E-state index in [2.05, 4.69) is 25.5 Å². The molecule has 0 fully saturated rings. The molecule has 4 aromatic rings. The fourth-order valence-electron chi connectivity index (χ4n) is 2.60. The summed E-state index contributed by atoms with van der Waals surface area (Å²) in [5.74, 6) is -0.728. The normalized spacial score (nSPS) is 10.9. The summed E-state index contributed by atoms with van der Waals surface area (Å²) in [6.45, 7) is 0. The van der Waals surface area contributed by atoms with Crippen molar-refractivity contribution >= 4 is 22.6 Å². The Balaban J connectivity index is 1.63. The van der Waals surface area contributed by atoms with Gasteiger partial charge in [-0.1, -0.05) is 0 Å². The summed E-state index contributed by atoms with van der Waals surface area (Å²) in [5, 5.41) is 9.42. The van der Waals surface area contributed by atoms with Crippen LogP contribution in [0.25, 0.3) is 22.3 Å². The van der Waals surface area contributed by atoms with Crippen LogP contribution in [0.15, 0.2) is 53.5 Å². The molecule has 0 saturated carbocycles. The number of imidazole rings is 1. The zero-order valence-corrected chi connectivity index (χ0v) is 12.8. The van der Waals surface area contributed by atoms with E-state index in [1.165, 1.54) is 18.3 Å². The predicted molar refractivity (Wildman–Crippen MR) is 90.9 cm³/mol. The lowest BCUT2D eigenvalue weighted by molar-refractivity contribution is 0.102. The number of hydrogen-bond donors (Lipinski definition) is 4. The van der Waals surface area contributed by atoms with E-state index >= 15 is 0 Å². The summed E-state index contributed by atoms with van der Waals surface area (Å²) in [6, 6.07) is 10.8. The van der Waals surface area contributed by atoms with Crippen LogP contribution in [0.3, 0.4) is 0 Å². The molecule has 0 spiro atoms. The molecule has 2 aromatic heterocycles. The lowest BCUT2D eigenvalue weighted by Gasteiger charge is -2.06. The number of rotatable bonds is 3. The molecule has 0 atom stereocenters. The lowest BCUT2D eigenvalue weighted by Crippen LogP contribution is -2.12. The first-order chi connectivity index (χ1) is 12.1. The van der Waals surface area contributed by atoms with Crippen LogP contribution in [0.5, 0.6) is 0 Å². The Kier molecular flexibility index (Phi) is 3.42. The summed E-state index contributed by atoms with van der Waals surface area (Å²) in [6.07, 6.45) is 1.41. The van der Waals surface area contributed by atoms with E-state index in [-0.39, 0.29) is 17.4 Å². The summed E-state index contributed by atoms with van der Waals surface area (Å²) in [5.41, 5.74) is 2.93. The quantitative estimate of drug-likeness (QED) is 0.462. The van der Waals surface area contributed by atoms with Crippen LogP contribution in [0.1, 0.15) is 10.4 Å². The minimum absolute atomic E-state index is 0.313. The predicted octanol–water partition coefficient (Wildman–Crippen LogP) is 2.64. The summed E-state index contributed by atoms with van der Waals surface area (Å²) >= 11 is 0. The average molecular weight is 337 g/mol. The van der Waals surface area contributed by atoms with Crippen molar-refractivity contribution in [2.75, 3.05) is 5.32 Å². The molecular weight excluding hydrogens is 325 g/mol. The first-order valence-corrected chi connectivity index (χ1v) is 7.43. The van der Waals surface area contributed by atoms with E-state index in [9.17, 15) is 14.0 Å². The van der Waals surface area contributed by atoms with Crippen molar-refractivity contribution in [1.29, 1.82) is 0 Å². The lowest BCUT2D eigenvalue weighted by atomic mass is 10.1. The molecule has 0 aliphatic carbocycles. The molecule has 0 radical (unpaired) electrons. The number of halogens is 1. The highest BCUT2D eigenvalue weighted by Crippen LogP contribution is 2.23. The number of fused-ring (bicyclic) bond motifs is 1. The smallest absolute Gasteiger partial charge is 0.322 e. The number of anilines is 1. The maximum atomic E-state index is 13.1. The van der Waals surface area contributed by atoms with Gasteiger partial charge in [0.2, 0.25) is 0 Å². The van der Waals surface area contributed by atoms with E-state index in [0.717, 1.165) is 0 Å². The highest BCUT2D eigenvalue weighted by atomic mass is 19.1. The largest absolute Gasteiger partial charge is 0.323 e. The first-order valence-electron chi connectivity index (χ1n) is 7.43. The number of nitrogens with zero attached hydrogens (tertiary/aromatic N) is 1. The van der Waals surface area contributed by atoms with E-state index in [1.54, 1.807) is 30.3 Å². The molecule has 2 aromatic carbocycles. The van der Waals surface area contributed by atoms with Gasteiger partial charge in [-0.3, -0.25) is 9.89 Å². The monoisotopic (exact) mass is 337 g/mol. The van der Waals surface area contributed by atoms with Crippen molar-refractivity contribution in [2.45, 2.75) is 0 Å². The molecule has 7 nitrogen and oxygen atoms in total. The van der Waals surface area contributed by atoms with Crippen molar-refractivity contribution in [3.05, 3.63) is 70.5 Å². The van der Waals surface area contributed by atoms with Gasteiger partial charge in [0.25, 0.3) is 5.91 Å². The summed E-state index contributed by atoms with van der Waals surface area (Å²) in [4.78, 5) is 29.1. The fourth-order valence-corrected chi connectivity index (χ4v) is 2.60. The van der Waals surface area contributed by atoms with Crippen LogP contribution in [-0.2, 0) is 0 Å². The maximum Gasteiger partial charge on any atom is 0.323 e. The van der Waals surface area contributed by atoms with Gasteiger partial charge in [0.15, 0.2) is 0 Å². The maximum absolute atomic E-state index is 13.1. The van der Waals surface area contributed by atoms with Crippen LogP contribution >= 0.6 is 0 Å². The number of H-pyrrole nitrogens is 3. The average Bonchev–Trinajstić information content (AvgIpc) is 3.21. The Morgan fingerprint density at radius 2 is 1.80 bits per heavy atom. The van der Waals surface area contributed by atoms with E-state index in [1.807, 2.05) is 0 Å². The zero-order valence-electron chi connectivity index (χ0n) is 12.8. The van der Waals surface area contributed by atoms with E-state index < -0.39 is 0 Å². The molecule has 4 N–H and O–H groups in total. The highest BCUT2D eigenvalue weighted by Gasteiger charge is 2.16. The van der Waals surface area contributed by atoms with Crippen molar-refractivity contribution in [2.24, 2.45) is 0 Å². The van der Waals surface area contributed by atoms with Crippen LogP contribution in [-0.4, -0.2) is 26.1 Å². The summed E-state index contributed by atoms with van der Waals surface area (Å²) < 4.78 is 13.1. The number of aromatic amines is 3. The molecule has 0 saturated heterocycles. The minimum Gasteiger partial charge on any atom is -0.322 e. The highest BCUT2D eigenvalue weighted by molar-refractivity contribution is 6.08. The number of nitrogens with one attached hydrogen (secondary N) is 4. The number of carbonyl (C=O) groups excluding carboxylic acids is 1. The minimum atomic E-state index is -0.370. The second-order valence-electron chi connectivity index (χ2n) is 5.46. The molecule has 1 amide bonds. The molecule has 8 heteroatoms. The summed E-state index contributed by atoms with van der Waals surface area (Å²) in [7, 11) is 0. The third kappa shape index (κ3) is 2.80. The Labute approximate surface area is 139 Å². The second-order valence-corrected chi connectivity index (χ2v) is 5.46. The molecule has 0 aliphatic rings. The van der Waals surface area contributed by atoms with Crippen LogP contribution < -0.4 is 11.0 Å². The standard InChI is InChI=1S/C17H12FN5O2/c18-10-3-1-9(2-4-10)15-12(8-19-23-15)16(24)20-11-5-6-13-14(7-11)22-17(25)21-13/h1-8H,(H,19,23)(H,20,24)(H2,21,22,25). The van der Waals surface area contributed by atoms with Crippen LogP contribution in [0, 0.1) is 5.82 Å². The third-order valence-corrected chi connectivity index (χ3v) is 3.79. The Bertz CT molecular complexity index is 1120. The number of benzene rings is 2. The van der Waals surface area contributed by atoms with E-state index in [0.29, 0.717) is 33.5 Å². The second kappa shape index (κ2) is 5.75. The molecular formula is C17H12FN5O2. The number of carbonyl (C=O) groups is 1. The van der Waals surface area contributed by atoms with Gasteiger partial charge in [-0.15, -0.1) is 0 Å². The Morgan fingerprint density at radius 3 is 2.60 bits per heavy atom. The van der Waals surface area contributed by atoms with Gasteiger partial charge >= 0.3 is 5.69 Å². The number of aromatic nitrogens is 4. The van der Waals surface area contributed by atoms with Gasteiger partial charge in [0, 0.05) is 11.3 Å². The molecule has 0 unspecified atom stereocenters. The number of amides is 1. The topological polar surface area (TPSA) is 106 Å². The number of hydrogen-bond acceptors (Lipinski definition) is 3. The van der Waals surface area contributed by atoms with Crippen molar-refractivity contribution in [3.8, 4) is 11.3 Å². The first kappa shape index (κ1) is 14.9. The van der Waals surface area contributed by atoms with Crippen LogP contribution in [0.4, 0.5) is 10.1 Å². The molecule has 2 heterocycles. The van der Waals surface area contributed by atoms with Gasteiger partial charge < -0.3 is 15.3 Å². The molecule has 25 heavy (non-hydrogen) atoms. The Hall–Kier alpha value is -3.68. The zero-order chi connectivity index (χ0) is 17.4. The van der Waals surface area contributed by atoms with Gasteiger partial charge in [-0.2, -0.15) is 5.10 Å². The van der Waals surface area contributed by atoms with Gasteiger partial charge in [-0.25, -0.2) is 9.18 Å². The van der Waals surface area contributed by atoms with Gasteiger partial charge in [-0.05, 0) is 42.5 Å². The van der Waals surface area contributed by atoms with Crippen molar-refractivity contribution in [1.82, 2.24) is 20.2 Å². The molecule has 124 valence electrons. The van der Waals surface area contributed by atoms with E-state index in [4.69, 9.17) is 0 Å². The van der Waals surface area contributed by atoms with Crippen molar-refractivity contribution < 1.29 is 9.18 Å². The Morgan fingerprint density at radius 1 is 1.04 bits per heavy atom. The van der Waals surface area contributed by atoms with Crippen LogP contribution in [0.2, 0.25) is 0 Å². The fraction of sp³-hybridized carbons (Fsp3) is 0.